The van der Waals surface area contributed by atoms with Crippen molar-refractivity contribution in [1.82, 2.24) is 10.6 Å². The normalized spacial score (nSPS) is 12.7. The van der Waals surface area contributed by atoms with Gasteiger partial charge in [-0.15, -0.1) is 0 Å². The van der Waals surface area contributed by atoms with Crippen LogP contribution in [0.15, 0.2) is 12.2 Å². The summed E-state index contributed by atoms with van der Waals surface area (Å²) < 4.78 is 26.5. The minimum Gasteiger partial charge on any atom is -0.463 e. The quantitative estimate of drug-likeness (QED) is 0.0260. The van der Waals surface area contributed by atoms with Crippen molar-refractivity contribution in [1.29, 1.82) is 0 Å². The van der Waals surface area contributed by atoms with Gasteiger partial charge < -0.3 is 34.3 Å². The van der Waals surface area contributed by atoms with Crippen LogP contribution in [0, 0.1) is 23.7 Å². The van der Waals surface area contributed by atoms with Crippen molar-refractivity contribution in [3.05, 3.63) is 12.2 Å². The second-order valence-electron chi connectivity index (χ2n) is 30.2. The van der Waals surface area contributed by atoms with Gasteiger partial charge in [0.25, 0.3) is 0 Å². The number of carbonyl (C=O) groups excluding carboxylic acids is 5. The molecule has 0 aromatic heterocycles. The van der Waals surface area contributed by atoms with Crippen molar-refractivity contribution in [2.75, 3.05) is 59.3 Å². The van der Waals surface area contributed by atoms with E-state index in [1.54, 1.807) is 6.92 Å². The Balaban J connectivity index is 4.77. The van der Waals surface area contributed by atoms with Gasteiger partial charge in [0, 0.05) is 51.0 Å². The Kier molecular flexibility index (Phi) is 75.3. The average molecular weight is 1400 g/mol. The molecule has 0 saturated heterocycles. The number of ether oxygens (including phenoxy) is 5. The van der Waals surface area contributed by atoms with Crippen LogP contribution in [0.2, 0.25) is 0 Å². The first kappa shape index (κ1) is 96.0. The van der Waals surface area contributed by atoms with E-state index >= 15 is 0 Å². The third kappa shape index (κ3) is 69.2. The van der Waals surface area contributed by atoms with Crippen molar-refractivity contribution >= 4 is 29.7 Å². The van der Waals surface area contributed by atoms with Crippen molar-refractivity contribution in [2.24, 2.45) is 23.7 Å². The van der Waals surface area contributed by atoms with Crippen LogP contribution in [-0.2, 0) is 47.7 Å². The Morgan fingerprint density at radius 1 is 0.263 bits per heavy atom. The summed E-state index contributed by atoms with van der Waals surface area (Å²) in [5, 5.41) is 6.13. The smallest absolute Gasteiger partial charge is 0.333 e. The highest BCUT2D eigenvalue weighted by Crippen LogP contribution is 2.36. The summed E-state index contributed by atoms with van der Waals surface area (Å²) in [5.74, 6) is 2.92. The van der Waals surface area contributed by atoms with Gasteiger partial charge in [-0.25, -0.2) is 4.79 Å². The maximum absolute atomic E-state index is 12.8. The first-order valence-corrected chi connectivity index (χ1v) is 43.3. The molecule has 4 unspecified atom stereocenters. The predicted octanol–water partition coefficient (Wildman–Crippen LogP) is 24.8. The van der Waals surface area contributed by atoms with Crippen molar-refractivity contribution < 1.29 is 47.7 Å². The molecule has 2 amide bonds. The molecule has 584 valence electrons. The number of unbranched alkanes of at least 4 members (excludes halogenated alkanes) is 40. The summed E-state index contributed by atoms with van der Waals surface area (Å²) in [6.45, 7) is 20.0. The SMILES string of the molecule is C=C(C)C(=O)OCCOCCOC(=O)CCCCCCCCC(CCCCCCCC)C(CCCCCCCC)CCCCCCCCC(=O)NCCNC(=O)CCCCCCCCC(CCCCCCCC)C(CCCCCCCC)CCCCCCCCC(=O)OCCOCCC. The highest BCUT2D eigenvalue weighted by molar-refractivity contribution is 5.86. The van der Waals surface area contributed by atoms with Crippen molar-refractivity contribution in [2.45, 2.75) is 433 Å². The van der Waals surface area contributed by atoms with E-state index in [0.29, 0.717) is 64.2 Å². The Labute approximate surface area is 613 Å². The van der Waals surface area contributed by atoms with Gasteiger partial charge in [-0.2, -0.15) is 0 Å². The lowest BCUT2D eigenvalue weighted by molar-refractivity contribution is -0.146. The first-order chi connectivity index (χ1) is 48.5. The van der Waals surface area contributed by atoms with E-state index in [9.17, 15) is 24.0 Å². The lowest BCUT2D eigenvalue weighted by atomic mass is 9.78. The number of esters is 3. The molecule has 0 saturated carbocycles. The second kappa shape index (κ2) is 77.6. The standard InChI is InChI=1S/C87H166N2O10/c1-8-13-17-21-33-45-57-79(81(59-47-35-23-19-15-10-3)63-51-39-27-31-43-55-67-85(92)97-75-72-95-71-12-5)61-49-37-25-29-41-53-65-83(90)88-69-70-89-84(91)66-54-42-30-26-38-50-62-80(58-46-34-22-18-14-9-2)82(60-48-36-24-20-16-11-4)64-52-40-28-32-44-56-68-86(93)98-76-73-96-74-77-99-87(94)78(6)7/h79-82H,6,8-77H2,1-5,7H3,(H,88,90)(H,89,91). The topological polar surface area (TPSA) is 156 Å². The lowest BCUT2D eigenvalue weighted by Crippen LogP contribution is -2.34. The zero-order chi connectivity index (χ0) is 72.2. The lowest BCUT2D eigenvalue weighted by Gasteiger charge is -2.28. The average Bonchev–Trinajstić information content (AvgIpc) is 1.20. The largest absolute Gasteiger partial charge is 0.463 e. The van der Waals surface area contributed by atoms with Gasteiger partial charge in [0.05, 0.1) is 19.8 Å². The summed E-state index contributed by atoms with van der Waals surface area (Å²) in [5.41, 5.74) is 0.362. The zero-order valence-corrected chi connectivity index (χ0v) is 66.6. The van der Waals surface area contributed by atoms with Crippen LogP contribution in [0.5, 0.6) is 0 Å². The third-order valence-corrected chi connectivity index (χ3v) is 20.8. The van der Waals surface area contributed by atoms with E-state index in [4.69, 9.17) is 23.7 Å². The molecule has 0 aliphatic rings. The molecule has 0 aromatic carbocycles. The summed E-state index contributed by atoms with van der Waals surface area (Å²) in [4.78, 5) is 61.4. The van der Waals surface area contributed by atoms with Gasteiger partial charge in [-0.05, 0) is 62.7 Å². The Bertz CT molecular complexity index is 1780. The van der Waals surface area contributed by atoms with E-state index in [1.165, 1.54) is 308 Å². The summed E-state index contributed by atoms with van der Waals surface area (Å²) in [6, 6.07) is 0. The van der Waals surface area contributed by atoms with Crippen LogP contribution in [0.1, 0.15) is 433 Å². The number of hydrogen-bond donors (Lipinski definition) is 2. The molecular weight excluding hydrogens is 1230 g/mol. The molecule has 2 N–H and O–H groups in total. The van der Waals surface area contributed by atoms with Crippen molar-refractivity contribution in [3.8, 4) is 0 Å². The fraction of sp³-hybridized carbons (Fsp3) is 0.920. The maximum atomic E-state index is 12.8. The van der Waals surface area contributed by atoms with E-state index in [1.807, 2.05) is 0 Å². The molecule has 0 spiro atoms. The molecule has 0 heterocycles. The van der Waals surface area contributed by atoms with Crippen molar-refractivity contribution in [3.63, 3.8) is 0 Å². The van der Waals surface area contributed by atoms with Gasteiger partial charge in [0.1, 0.15) is 19.8 Å². The van der Waals surface area contributed by atoms with E-state index in [0.717, 1.165) is 88.1 Å². The maximum Gasteiger partial charge on any atom is 0.333 e. The number of amides is 2. The van der Waals surface area contributed by atoms with Crippen LogP contribution < -0.4 is 10.6 Å². The Morgan fingerprint density at radius 3 is 0.737 bits per heavy atom. The molecule has 4 atom stereocenters. The molecule has 0 bridgehead atoms. The fourth-order valence-electron chi connectivity index (χ4n) is 14.6. The molecule has 99 heavy (non-hydrogen) atoms. The van der Waals surface area contributed by atoms with Crippen LogP contribution in [0.25, 0.3) is 0 Å². The molecule has 0 rings (SSSR count). The summed E-state index contributed by atoms with van der Waals surface area (Å²) in [7, 11) is 0. The van der Waals surface area contributed by atoms with Crippen LogP contribution in [-0.4, -0.2) is 89.1 Å². The predicted molar refractivity (Wildman–Crippen MR) is 419 cm³/mol. The Hall–Kier alpha value is -2.99. The van der Waals surface area contributed by atoms with Gasteiger partial charge >= 0.3 is 17.9 Å². The first-order valence-electron chi connectivity index (χ1n) is 43.3. The minimum atomic E-state index is -0.425. The Morgan fingerprint density at radius 2 is 0.485 bits per heavy atom. The van der Waals surface area contributed by atoms with Gasteiger partial charge in [0.15, 0.2) is 0 Å². The molecule has 0 aromatic rings. The molecule has 0 aliphatic heterocycles. The zero-order valence-electron chi connectivity index (χ0n) is 66.6. The second-order valence-corrected chi connectivity index (χ2v) is 30.2. The molecule has 12 nitrogen and oxygen atoms in total. The summed E-state index contributed by atoms with van der Waals surface area (Å²) >= 11 is 0. The number of rotatable bonds is 81. The van der Waals surface area contributed by atoms with E-state index in [2.05, 4.69) is 51.8 Å². The number of nitrogens with one attached hydrogen (secondary N) is 2. The van der Waals surface area contributed by atoms with Crippen LogP contribution in [0.4, 0.5) is 0 Å². The number of carbonyl (C=O) groups is 5. The highest BCUT2D eigenvalue weighted by atomic mass is 16.6. The third-order valence-electron chi connectivity index (χ3n) is 20.8. The van der Waals surface area contributed by atoms with Gasteiger partial charge in [0.2, 0.25) is 11.8 Å². The molecule has 0 radical (unpaired) electrons. The molecule has 0 aliphatic carbocycles. The molecule has 0 fully saturated rings. The summed E-state index contributed by atoms with van der Waals surface area (Å²) in [6.07, 6.45) is 75.5. The van der Waals surface area contributed by atoms with E-state index in [-0.39, 0.29) is 43.6 Å². The monoisotopic (exact) mass is 1400 g/mol. The molecular formula is C87H166N2O10. The fourth-order valence-corrected chi connectivity index (χ4v) is 14.6. The van der Waals surface area contributed by atoms with Gasteiger partial charge in [-0.1, -0.05) is 375 Å². The van der Waals surface area contributed by atoms with Crippen LogP contribution in [0.3, 0.4) is 0 Å². The minimum absolute atomic E-state index is 0.0804. The van der Waals surface area contributed by atoms with Gasteiger partial charge in [-0.3, -0.25) is 19.2 Å². The van der Waals surface area contributed by atoms with Crippen LogP contribution >= 0.6 is 0 Å². The molecule has 12 heteroatoms. The highest BCUT2D eigenvalue weighted by Gasteiger charge is 2.23. The van der Waals surface area contributed by atoms with E-state index < -0.39 is 5.97 Å². The number of hydrogen-bond acceptors (Lipinski definition) is 10.